The molecular formula is C17H22N4O2. The first-order valence-corrected chi connectivity index (χ1v) is 7.60. The predicted octanol–water partition coefficient (Wildman–Crippen LogP) is 2.33. The molecule has 0 spiro atoms. The summed E-state index contributed by atoms with van der Waals surface area (Å²) in [5.41, 5.74) is 1.05. The van der Waals surface area contributed by atoms with Crippen molar-refractivity contribution in [3.8, 4) is 5.75 Å². The normalized spacial score (nSPS) is 12.0. The number of para-hydroxylation sites is 1. The molecule has 0 fully saturated rings. The standard InChI is InChI=1S/C17H22N4O2/c1-4-23-15-9-6-5-8-14(15)12-21(3)13(2)16(22)20-17-18-10-7-11-19-17/h5-11,13H,4,12H2,1-3H3,(H,18,19,20,22)/t13-/m1/s1. The van der Waals surface area contributed by atoms with E-state index in [4.69, 9.17) is 4.74 Å². The van der Waals surface area contributed by atoms with Crippen molar-refractivity contribution in [2.24, 2.45) is 0 Å². The Bertz CT molecular complexity index is 634. The smallest absolute Gasteiger partial charge is 0.243 e. The Kier molecular flexibility index (Phi) is 6.05. The van der Waals surface area contributed by atoms with Crippen LogP contribution >= 0.6 is 0 Å². The van der Waals surface area contributed by atoms with Crippen LogP contribution in [0.4, 0.5) is 5.95 Å². The van der Waals surface area contributed by atoms with Crippen molar-refractivity contribution in [1.29, 1.82) is 0 Å². The number of carbonyl (C=O) groups excluding carboxylic acids is 1. The first-order chi connectivity index (χ1) is 11.1. The van der Waals surface area contributed by atoms with Gasteiger partial charge in [-0.2, -0.15) is 0 Å². The maximum Gasteiger partial charge on any atom is 0.243 e. The first kappa shape index (κ1) is 16.9. The highest BCUT2D eigenvalue weighted by Crippen LogP contribution is 2.20. The molecule has 2 rings (SSSR count). The zero-order chi connectivity index (χ0) is 16.7. The van der Waals surface area contributed by atoms with Gasteiger partial charge in [-0.25, -0.2) is 9.97 Å². The number of aromatic nitrogens is 2. The fourth-order valence-electron chi connectivity index (χ4n) is 2.11. The van der Waals surface area contributed by atoms with Crippen LogP contribution in [-0.2, 0) is 11.3 Å². The summed E-state index contributed by atoms with van der Waals surface area (Å²) in [5.74, 6) is 1.01. The second kappa shape index (κ2) is 8.24. The van der Waals surface area contributed by atoms with E-state index in [0.29, 0.717) is 19.1 Å². The molecule has 6 heteroatoms. The summed E-state index contributed by atoms with van der Waals surface area (Å²) in [6, 6.07) is 9.23. The average molecular weight is 314 g/mol. The Morgan fingerprint density at radius 2 is 1.96 bits per heavy atom. The molecule has 0 saturated heterocycles. The number of anilines is 1. The summed E-state index contributed by atoms with van der Waals surface area (Å²) >= 11 is 0. The van der Waals surface area contributed by atoms with Gasteiger partial charge >= 0.3 is 0 Å². The molecule has 0 aliphatic heterocycles. The Morgan fingerprint density at radius 3 is 2.65 bits per heavy atom. The molecule has 1 atom stereocenters. The summed E-state index contributed by atoms with van der Waals surface area (Å²) in [4.78, 5) is 22.2. The van der Waals surface area contributed by atoms with Crippen molar-refractivity contribution in [3.63, 3.8) is 0 Å². The number of carbonyl (C=O) groups is 1. The predicted molar refractivity (Wildman–Crippen MR) is 89.2 cm³/mol. The molecule has 1 N–H and O–H groups in total. The molecule has 0 aliphatic carbocycles. The lowest BCUT2D eigenvalue weighted by molar-refractivity contribution is -0.120. The number of benzene rings is 1. The quantitative estimate of drug-likeness (QED) is 0.849. The Balaban J connectivity index is 1.99. The molecule has 122 valence electrons. The second-order valence-electron chi connectivity index (χ2n) is 5.19. The molecule has 0 aliphatic rings. The fraction of sp³-hybridized carbons (Fsp3) is 0.353. The summed E-state index contributed by atoms with van der Waals surface area (Å²) in [7, 11) is 1.90. The highest BCUT2D eigenvalue weighted by atomic mass is 16.5. The SMILES string of the molecule is CCOc1ccccc1CN(C)[C@H](C)C(=O)Nc1ncccn1. The second-order valence-corrected chi connectivity index (χ2v) is 5.19. The number of nitrogens with one attached hydrogen (secondary N) is 1. The van der Waals surface area contributed by atoms with E-state index in [9.17, 15) is 4.79 Å². The van der Waals surface area contributed by atoms with E-state index < -0.39 is 0 Å². The van der Waals surface area contributed by atoms with E-state index >= 15 is 0 Å². The van der Waals surface area contributed by atoms with Crippen LogP contribution in [0.5, 0.6) is 5.75 Å². The maximum atomic E-state index is 12.3. The number of amides is 1. The lowest BCUT2D eigenvalue weighted by Crippen LogP contribution is -2.39. The number of ether oxygens (including phenoxy) is 1. The third-order valence-electron chi connectivity index (χ3n) is 3.53. The summed E-state index contributed by atoms with van der Waals surface area (Å²) in [5, 5.41) is 2.71. The lowest BCUT2D eigenvalue weighted by atomic mass is 10.1. The van der Waals surface area contributed by atoms with Gasteiger partial charge in [-0.1, -0.05) is 18.2 Å². The summed E-state index contributed by atoms with van der Waals surface area (Å²) in [6.45, 7) is 5.03. The molecule has 1 amide bonds. The minimum atomic E-state index is -0.325. The number of likely N-dealkylation sites (N-methyl/N-ethyl adjacent to an activating group) is 1. The van der Waals surface area contributed by atoms with Gasteiger partial charge in [0.25, 0.3) is 0 Å². The minimum absolute atomic E-state index is 0.146. The zero-order valence-electron chi connectivity index (χ0n) is 13.7. The van der Waals surface area contributed by atoms with Gasteiger partial charge in [-0.15, -0.1) is 0 Å². The molecule has 2 aromatic rings. The van der Waals surface area contributed by atoms with Crippen molar-refractivity contribution in [2.45, 2.75) is 26.4 Å². The van der Waals surface area contributed by atoms with E-state index in [-0.39, 0.29) is 11.9 Å². The van der Waals surface area contributed by atoms with Crippen LogP contribution in [0, 0.1) is 0 Å². The molecule has 0 bridgehead atoms. The first-order valence-electron chi connectivity index (χ1n) is 7.60. The van der Waals surface area contributed by atoms with Crippen molar-refractivity contribution < 1.29 is 9.53 Å². The lowest BCUT2D eigenvalue weighted by Gasteiger charge is -2.24. The Morgan fingerprint density at radius 1 is 1.26 bits per heavy atom. The van der Waals surface area contributed by atoms with Crippen molar-refractivity contribution in [2.75, 3.05) is 19.0 Å². The van der Waals surface area contributed by atoms with Crippen LogP contribution < -0.4 is 10.1 Å². The van der Waals surface area contributed by atoms with Gasteiger partial charge in [0, 0.05) is 24.5 Å². The van der Waals surface area contributed by atoms with Gasteiger partial charge in [-0.05, 0) is 33.0 Å². The highest BCUT2D eigenvalue weighted by Gasteiger charge is 2.20. The molecule has 1 aromatic carbocycles. The summed E-state index contributed by atoms with van der Waals surface area (Å²) < 4.78 is 5.63. The molecule has 1 heterocycles. The van der Waals surface area contributed by atoms with Crippen molar-refractivity contribution in [3.05, 3.63) is 48.3 Å². The molecule has 0 unspecified atom stereocenters. The summed E-state index contributed by atoms with van der Waals surface area (Å²) in [6.07, 6.45) is 3.19. The van der Waals surface area contributed by atoms with Crippen LogP contribution in [-0.4, -0.2) is 40.5 Å². The molecular weight excluding hydrogens is 292 g/mol. The van der Waals surface area contributed by atoms with Crippen LogP contribution in [0.1, 0.15) is 19.4 Å². The Hall–Kier alpha value is -2.47. The van der Waals surface area contributed by atoms with E-state index in [0.717, 1.165) is 11.3 Å². The van der Waals surface area contributed by atoms with E-state index in [2.05, 4.69) is 15.3 Å². The van der Waals surface area contributed by atoms with Crippen LogP contribution in [0.15, 0.2) is 42.7 Å². The van der Waals surface area contributed by atoms with Crippen LogP contribution in [0.2, 0.25) is 0 Å². The highest BCUT2D eigenvalue weighted by molar-refractivity contribution is 5.92. The van der Waals surface area contributed by atoms with E-state index in [1.807, 2.05) is 50.1 Å². The molecule has 23 heavy (non-hydrogen) atoms. The minimum Gasteiger partial charge on any atom is -0.494 e. The zero-order valence-corrected chi connectivity index (χ0v) is 13.7. The van der Waals surface area contributed by atoms with Crippen molar-refractivity contribution >= 4 is 11.9 Å². The van der Waals surface area contributed by atoms with E-state index in [1.54, 1.807) is 18.5 Å². The van der Waals surface area contributed by atoms with Gasteiger partial charge < -0.3 is 4.74 Å². The molecule has 0 saturated carbocycles. The van der Waals surface area contributed by atoms with Gasteiger partial charge in [0.05, 0.1) is 12.6 Å². The van der Waals surface area contributed by atoms with Gasteiger partial charge in [-0.3, -0.25) is 15.0 Å². The number of nitrogens with zero attached hydrogens (tertiary/aromatic N) is 3. The Labute approximate surface area is 136 Å². The third-order valence-corrected chi connectivity index (χ3v) is 3.53. The van der Waals surface area contributed by atoms with Crippen molar-refractivity contribution in [1.82, 2.24) is 14.9 Å². The number of hydrogen-bond acceptors (Lipinski definition) is 5. The van der Waals surface area contributed by atoms with E-state index in [1.165, 1.54) is 0 Å². The monoisotopic (exact) mass is 314 g/mol. The van der Waals surface area contributed by atoms with Gasteiger partial charge in [0.15, 0.2) is 0 Å². The van der Waals surface area contributed by atoms with Gasteiger partial charge in [0.1, 0.15) is 5.75 Å². The van der Waals surface area contributed by atoms with Crippen LogP contribution in [0.25, 0.3) is 0 Å². The number of hydrogen-bond donors (Lipinski definition) is 1. The maximum absolute atomic E-state index is 12.3. The third kappa shape index (κ3) is 4.75. The van der Waals surface area contributed by atoms with Gasteiger partial charge in [0.2, 0.25) is 11.9 Å². The molecule has 1 aromatic heterocycles. The average Bonchev–Trinajstić information content (AvgIpc) is 2.57. The largest absolute Gasteiger partial charge is 0.494 e. The topological polar surface area (TPSA) is 67.3 Å². The fourth-order valence-corrected chi connectivity index (χ4v) is 2.11. The number of rotatable bonds is 7. The molecule has 6 nitrogen and oxygen atoms in total. The molecule has 0 radical (unpaired) electrons. The van der Waals surface area contributed by atoms with Crippen LogP contribution in [0.3, 0.4) is 0 Å².